The number of amides is 1. The minimum atomic E-state index is -1.20. The maximum Gasteiger partial charge on any atom is 0.252 e. The summed E-state index contributed by atoms with van der Waals surface area (Å²) < 4.78 is 12.2. The largest absolute Gasteiger partial charge is 0.494 e. The van der Waals surface area contributed by atoms with Gasteiger partial charge in [0.25, 0.3) is 5.91 Å². The maximum absolute atomic E-state index is 14.2. The Morgan fingerprint density at radius 3 is 2.12 bits per heavy atom. The highest BCUT2D eigenvalue weighted by molar-refractivity contribution is 6.01. The Bertz CT molecular complexity index is 1390. The van der Waals surface area contributed by atoms with E-state index in [1.165, 1.54) is 0 Å². The van der Waals surface area contributed by atoms with Crippen LogP contribution in [0.15, 0.2) is 120 Å². The van der Waals surface area contributed by atoms with Gasteiger partial charge in [0.05, 0.1) is 6.61 Å². The maximum atomic E-state index is 14.2. The van der Waals surface area contributed by atoms with Crippen molar-refractivity contribution in [2.24, 2.45) is 4.99 Å². The number of hydrogen-bond acceptors (Lipinski definition) is 5. The van der Waals surface area contributed by atoms with E-state index in [9.17, 15) is 4.79 Å². The number of benzene rings is 4. The summed E-state index contributed by atoms with van der Waals surface area (Å²) in [4.78, 5) is 19.3. The van der Waals surface area contributed by atoms with Gasteiger partial charge in [-0.05, 0) is 47.4 Å². The van der Waals surface area contributed by atoms with Gasteiger partial charge in [-0.3, -0.25) is 4.79 Å². The number of nitrogens with zero attached hydrogens (tertiary/aromatic N) is 1. The lowest BCUT2D eigenvalue weighted by molar-refractivity contribution is -0.128. The fraction of sp³-hybridized carbons (Fsp3) is 0.235. The molecule has 2 N–H and O–H groups in total. The molecule has 0 aromatic heterocycles. The third-order valence-electron chi connectivity index (χ3n) is 6.99. The van der Waals surface area contributed by atoms with Crippen molar-refractivity contribution in [3.05, 3.63) is 138 Å². The Balaban J connectivity index is 1.48. The van der Waals surface area contributed by atoms with Crippen molar-refractivity contribution in [2.45, 2.75) is 30.9 Å². The summed E-state index contributed by atoms with van der Waals surface area (Å²) in [6.45, 7) is 1.01. The molecular weight excluding hydrogens is 500 g/mol. The number of aliphatic hydroxyl groups excluding tert-OH is 1. The zero-order valence-electron chi connectivity index (χ0n) is 22.4. The molecule has 1 amide bonds. The minimum absolute atomic E-state index is 0.0838. The second kappa shape index (κ2) is 13.1. The van der Waals surface area contributed by atoms with Crippen LogP contribution in [0.5, 0.6) is 5.75 Å². The van der Waals surface area contributed by atoms with Gasteiger partial charge in [-0.15, -0.1) is 0 Å². The van der Waals surface area contributed by atoms with Crippen molar-refractivity contribution in [1.82, 2.24) is 5.32 Å². The number of aliphatic hydroxyl groups is 1. The zero-order chi connectivity index (χ0) is 27.6. The number of hydrogen-bond donors (Lipinski definition) is 2. The second-order valence-electron chi connectivity index (χ2n) is 9.85. The van der Waals surface area contributed by atoms with Gasteiger partial charge in [-0.2, -0.15) is 0 Å². The van der Waals surface area contributed by atoms with Gasteiger partial charge >= 0.3 is 0 Å². The Morgan fingerprint density at radius 2 is 1.48 bits per heavy atom. The summed E-state index contributed by atoms with van der Waals surface area (Å²) in [6.07, 6.45) is 1.06. The molecule has 1 heterocycles. The van der Waals surface area contributed by atoms with Crippen molar-refractivity contribution in [2.75, 3.05) is 19.8 Å². The molecule has 0 fully saturated rings. The summed E-state index contributed by atoms with van der Waals surface area (Å²) >= 11 is 0. The fourth-order valence-corrected chi connectivity index (χ4v) is 4.94. The first-order valence-corrected chi connectivity index (χ1v) is 13.7. The number of nitrogens with one attached hydrogen (secondary N) is 1. The van der Waals surface area contributed by atoms with Gasteiger partial charge in [0.1, 0.15) is 5.75 Å². The number of carbonyl (C=O) groups excluding carboxylic acids is 1. The molecule has 6 nitrogen and oxygen atoms in total. The van der Waals surface area contributed by atoms with Crippen LogP contribution in [-0.4, -0.2) is 42.2 Å². The Morgan fingerprint density at radius 1 is 0.850 bits per heavy atom. The first-order chi connectivity index (χ1) is 19.7. The number of aliphatic imine (C=N–C) groups is 1. The number of rotatable bonds is 12. The van der Waals surface area contributed by atoms with Crippen molar-refractivity contribution < 1.29 is 19.4 Å². The fourth-order valence-electron chi connectivity index (χ4n) is 4.94. The average molecular weight is 535 g/mol. The molecule has 204 valence electrons. The molecule has 0 saturated carbocycles. The third-order valence-corrected chi connectivity index (χ3v) is 6.99. The number of ether oxygens (including phenoxy) is 2. The predicted octanol–water partition coefficient (Wildman–Crippen LogP) is 5.31. The van der Waals surface area contributed by atoms with Crippen molar-refractivity contribution in [3.63, 3.8) is 0 Å². The van der Waals surface area contributed by atoms with Gasteiger partial charge in [0, 0.05) is 31.6 Å². The van der Waals surface area contributed by atoms with Crippen molar-refractivity contribution >= 4 is 11.8 Å². The van der Waals surface area contributed by atoms with E-state index < -0.39 is 11.6 Å². The van der Waals surface area contributed by atoms with Gasteiger partial charge in [-0.1, -0.05) is 91.0 Å². The summed E-state index contributed by atoms with van der Waals surface area (Å²) in [5, 5.41) is 12.2. The van der Waals surface area contributed by atoms with Crippen LogP contribution in [0.2, 0.25) is 0 Å². The Kier molecular flexibility index (Phi) is 8.89. The lowest BCUT2D eigenvalue weighted by atomic mass is 9.82. The first-order valence-electron chi connectivity index (χ1n) is 13.7. The minimum Gasteiger partial charge on any atom is -0.494 e. The molecule has 40 heavy (non-hydrogen) atoms. The molecule has 0 saturated heterocycles. The topological polar surface area (TPSA) is 80.2 Å². The molecule has 0 spiro atoms. The molecule has 1 aliphatic rings. The average Bonchev–Trinajstić information content (AvgIpc) is 3.39. The van der Waals surface area contributed by atoms with Crippen molar-refractivity contribution in [1.29, 1.82) is 0 Å². The molecule has 0 bridgehead atoms. The quantitative estimate of drug-likeness (QED) is 0.242. The number of carbonyl (C=O) groups is 1. The zero-order valence-corrected chi connectivity index (χ0v) is 22.4. The molecule has 2 atom stereocenters. The molecule has 0 radical (unpaired) electrons. The van der Waals surface area contributed by atoms with E-state index >= 15 is 0 Å². The molecule has 0 unspecified atom stereocenters. The van der Waals surface area contributed by atoms with Gasteiger partial charge in [-0.25, -0.2) is 4.99 Å². The van der Waals surface area contributed by atoms with Crippen LogP contribution in [0.1, 0.15) is 34.8 Å². The van der Waals surface area contributed by atoms with Crippen LogP contribution in [0, 0.1) is 0 Å². The van der Waals surface area contributed by atoms with Crippen LogP contribution in [0.25, 0.3) is 0 Å². The molecule has 1 aliphatic heterocycles. The third kappa shape index (κ3) is 6.41. The van der Waals surface area contributed by atoms with E-state index in [1.54, 1.807) is 0 Å². The van der Waals surface area contributed by atoms with Gasteiger partial charge in [0.15, 0.2) is 11.6 Å². The summed E-state index contributed by atoms with van der Waals surface area (Å²) in [6, 6.07) is 37.4. The molecule has 5 rings (SSSR count). The van der Waals surface area contributed by atoms with Crippen LogP contribution >= 0.6 is 0 Å². The van der Waals surface area contributed by atoms with Crippen LogP contribution in [-0.2, 0) is 22.4 Å². The summed E-state index contributed by atoms with van der Waals surface area (Å²) in [5.74, 6) is 0.953. The second-order valence-corrected chi connectivity index (χ2v) is 9.85. The SMILES string of the molecule is O=C(NCCc1ccccc1)[C@]1(Cc2ccccc2)N=C(c2ccc(OCCCO)cc2)O[C@@H]1c1ccccc1. The summed E-state index contributed by atoms with van der Waals surface area (Å²) in [7, 11) is 0. The smallest absolute Gasteiger partial charge is 0.252 e. The van der Waals surface area contributed by atoms with Crippen LogP contribution < -0.4 is 10.1 Å². The molecule has 6 heteroatoms. The predicted molar refractivity (Wildman–Crippen MR) is 156 cm³/mol. The lowest BCUT2D eigenvalue weighted by Gasteiger charge is -2.31. The molecule has 4 aromatic carbocycles. The highest BCUT2D eigenvalue weighted by atomic mass is 16.5. The molecule has 0 aliphatic carbocycles. The lowest BCUT2D eigenvalue weighted by Crippen LogP contribution is -2.50. The monoisotopic (exact) mass is 534 g/mol. The van der Waals surface area contributed by atoms with Crippen LogP contribution in [0.4, 0.5) is 0 Å². The normalized spacial score (nSPS) is 18.0. The van der Waals surface area contributed by atoms with E-state index in [4.69, 9.17) is 19.6 Å². The highest BCUT2D eigenvalue weighted by Gasteiger charge is 2.53. The van der Waals surface area contributed by atoms with E-state index in [2.05, 4.69) is 17.4 Å². The standard InChI is InChI=1S/C34H34N2O4/c37-23-10-24-39-30-19-17-29(18-20-30)32-36-34(25-27-13-6-2-7-14-27,31(40-32)28-15-8-3-9-16-28)33(38)35-22-21-26-11-4-1-5-12-26/h1-9,11-20,31,37H,10,21-25H2,(H,35,38)/t31-,34-/m1/s1. The highest BCUT2D eigenvalue weighted by Crippen LogP contribution is 2.42. The Labute approximate surface area is 235 Å². The first kappa shape index (κ1) is 27.2. The molecule has 4 aromatic rings. The van der Waals surface area contributed by atoms with E-state index in [0.717, 1.165) is 28.7 Å². The van der Waals surface area contributed by atoms with E-state index in [-0.39, 0.29) is 12.5 Å². The van der Waals surface area contributed by atoms with Crippen molar-refractivity contribution in [3.8, 4) is 5.75 Å². The summed E-state index contributed by atoms with van der Waals surface area (Å²) in [5.41, 5.74) is 2.61. The van der Waals surface area contributed by atoms with E-state index in [1.807, 2.05) is 103 Å². The van der Waals surface area contributed by atoms with E-state index in [0.29, 0.717) is 37.6 Å². The Hall–Kier alpha value is -4.42. The van der Waals surface area contributed by atoms with Gasteiger partial charge < -0.3 is 19.9 Å². The molecular formula is C34H34N2O4. The van der Waals surface area contributed by atoms with Crippen LogP contribution in [0.3, 0.4) is 0 Å². The van der Waals surface area contributed by atoms with Gasteiger partial charge in [0.2, 0.25) is 5.90 Å².